The van der Waals surface area contributed by atoms with E-state index in [0.29, 0.717) is 30.4 Å². The summed E-state index contributed by atoms with van der Waals surface area (Å²) in [4.78, 5) is 28.3. The van der Waals surface area contributed by atoms with Gasteiger partial charge in [-0.1, -0.05) is 18.2 Å². The van der Waals surface area contributed by atoms with Crippen molar-refractivity contribution in [2.24, 2.45) is 5.92 Å². The van der Waals surface area contributed by atoms with E-state index in [9.17, 15) is 19.7 Å². The first-order valence-corrected chi connectivity index (χ1v) is 11.1. The van der Waals surface area contributed by atoms with Crippen molar-refractivity contribution >= 4 is 19.0 Å². The third kappa shape index (κ3) is 5.47. The summed E-state index contributed by atoms with van der Waals surface area (Å²) in [6, 6.07) is 11.2. The van der Waals surface area contributed by atoms with Gasteiger partial charge < -0.3 is 25.4 Å². The summed E-state index contributed by atoms with van der Waals surface area (Å²) in [6.07, 6.45) is 6.52. The number of carboxylic acid groups (broad SMARTS) is 1. The molecule has 1 amide bonds. The topological polar surface area (TPSA) is 121 Å². The Morgan fingerprint density at radius 2 is 1.94 bits per heavy atom. The van der Waals surface area contributed by atoms with Crippen molar-refractivity contribution in [3.8, 4) is 5.75 Å². The molecular weight excluding hydrogens is 409 g/mol. The lowest BCUT2D eigenvalue weighted by Crippen LogP contribution is -2.53. The van der Waals surface area contributed by atoms with Gasteiger partial charge in [0, 0.05) is 25.2 Å². The van der Waals surface area contributed by atoms with Gasteiger partial charge in [0.1, 0.15) is 5.75 Å². The number of amides is 1. The van der Waals surface area contributed by atoms with Gasteiger partial charge in [-0.3, -0.25) is 9.78 Å². The van der Waals surface area contributed by atoms with E-state index >= 15 is 0 Å². The molecule has 0 saturated heterocycles. The van der Waals surface area contributed by atoms with E-state index in [0.717, 1.165) is 37.9 Å². The molecule has 1 aliphatic heterocycles. The number of hydrogen-bond donors (Lipinski definition) is 4. The van der Waals surface area contributed by atoms with Crippen molar-refractivity contribution in [2.45, 2.75) is 57.1 Å². The Morgan fingerprint density at radius 3 is 2.66 bits per heavy atom. The first-order valence-electron chi connectivity index (χ1n) is 11.1. The lowest BCUT2D eigenvalue weighted by atomic mass is 9.72. The minimum Gasteiger partial charge on any atom is -0.534 e. The molecule has 4 rings (SSSR count). The Labute approximate surface area is 187 Å². The molecule has 2 aliphatic rings. The second-order valence-corrected chi connectivity index (χ2v) is 8.61. The Hall–Kier alpha value is -2.91. The Bertz CT molecular complexity index is 950. The summed E-state index contributed by atoms with van der Waals surface area (Å²) >= 11 is 0. The van der Waals surface area contributed by atoms with Crippen molar-refractivity contribution in [2.75, 3.05) is 0 Å². The van der Waals surface area contributed by atoms with E-state index in [1.165, 1.54) is 6.07 Å². The van der Waals surface area contributed by atoms with Crippen molar-refractivity contribution in [3.63, 3.8) is 0 Å². The maximum Gasteiger partial charge on any atom is 0.547 e. The molecule has 1 atom stereocenters. The molecule has 2 aromatic rings. The number of carbonyl (C=O) groups is 2. The van der Waals surface area contributed by atoms with Crippen molar-refractivity contribution in [3.05, 3.63) is 59.4 Å². The average Bonchev–Trinajstić information content (AvgIpc) is 2.79. The smallest absolute Gasteiger partial charge is 0.534 e. The molecule has 1 aliphatic carbocycles. The zero-order valence-corrected chi connectivity index (χ0v) is 17.9. The average molecular weight is 437 g/mol. The number of benzene rings is 1. The zero-order chi connectivity index (χ0) is 22.5. The van der Waals surface area contributed by atoms with Gasteiger partial charge in [0.05, 0.1) is 17.2 Å². The summed E-state index contributed by atoms with van der Waals surface area (Å²) in [5.41, 5.74) is 1.71. The van der Waals surface area contributed by atoms with Crippen LogP contribution >= 0.6 is 0 Å². The van der Waals surface area contributed by atoms with Gasteiger partial charge in [-0.2, -0.15) is 0 Å². The van der Waals surface area contributed by atoms with E-state index in [2.05, 4.69) is 15.6 Å². The zero-order valence-electron chi connectivity index (χ0n) is 17.9. The quantitative estimate of drug-likeness (QED) is 0.489. The second kappa shape index (κ2) is 10.1. The van der Waals surface area contributed by atoms with E-state index in [1.807, 2.05) is 18.2 Å². The lowest BCUT2D eigenvalue weighted by Gasteiger charge is -2.31. The minimum atomic E-state index is -1.28. The molecule has 2 heterocycles. The predicted molar refractivity (Wildman–Crippen MR) is 119 cm³/mol. The normalized spacial score (nSPS) is 22.5. The molecule has 0 radical (unpaired) electrons. The molecule has 0 spiro atoms. The Balaban J connectivity index is 1.23. The fourth-order valence-corrected chi connectivity index (χ4v) is 4.57. The highest BCUT2D eigenvalue weighted by molar-refractivity contribution is 6.47. The standard InChI is InChI=1S/C23H28BN3O5/c28-21(12-15-7-9-17(10-8-15)26-14-18-5-1-2-11-25-18)27-20-13-16-4-3-6-19(23(29)30)22(16)32-24(20)31/h1-6,11,15,17,20,26,31H,7-10,12-14H2,(H,27,28)(H,29,30)/t15-,17-,20-/m0/s1. The molecule has 1 aromatic heterocycles. The van der Waals surface area contributed by atoms with Crippen LogP contribution in [0, 0.1) is 5.92 Å². The number of carboxylic acids is 1. The monoisotopic (exact) mass is 437 g/mol. The van der Waals surface area contributed by atoms with Crippen molar-refractivity contribution < 1.29 is 24.4 Å². The molecule has 1 fully saturated rings. The number of pyridine rings is 1. The van der Waals surface area contributed by atoms with Crippen molar-refractivity contribution in [1.29, 1.82) is 0 Å². The Morgan fingerprint density at radius 1 is 1.12 bits per heavy atom. The Kier molecular flexibility index (Phi) is 7.07. The van der Waals surface area contributed by atoms with Crippen LogP contribution in [0.3, 0.4) is 0 Å². The third-order valence-electron chi connectivity index (χ3n) is 6.31. The van der Waals surface area contributed by atoms with Crippen LogP contribution in [0.1, 0.15) is 53.7 Å². The van der Waals surface area contributed by atoms with E-state index in [4.69, 9.17) is 4.65 Å². The number of para-hydroxylation sites is 1. The van der Waals surface area contributed by atoms with Gasteiger partial charge in [-0.15, -0.1) is 0 Å². The summed E-state index contributed by atoms with van der Waals surface area (Å²) < 4.78 is 5.45. The van der Waals surface area contributed by atoms with Gasteiger partial charge in [0.25, 0.3) is 0 Å². The third-order valence-corrected chi connectivity index (χ3v) is 6.31. The number of rotatable bonds is 7. The molecule has 1 aromatic carbocycles. The first kappa shape index (κ1) is 22.3. The van der Waals surface area contributed by atoms with Gasteiger partial charge in [0.2, 0.25) is 5.91 Å². The first-order chi connectivity index (χ1) is 15.5. The highest BCUT2D eigenvalue weighted by Crippen LogP contribution is 2.31. The SMILES string of the molecule is O=C(C[C@H]1CC[C@H](NCc2ccccn2)CC1)N[C@H]1Cc2cccc(C(=O)O)c2OB1O. The van der Waals surface area contributed by atoms with Crippen LogP contribution in [0.2, 0.25) is 0 Å². The number of aromatic carboxylic acids is 1. The van der Waals surface area contributed by atoms with Crippen molar-refractivity contribution in [1.82, 2.24) is 15.6 Å². The molecule has 8 nitrogen and oxygen atoms in total. The van der Waals surface area contributed by atoms with Crippen LogP contribution < -0.4 is 15.3 Å². The molecule has 4 N–H and O–H groups in total. The lowest BCUT2D eigenvalue weighted by molar-refractivity contribution is -0.122. The predicted octanol–water partition coefficient (Wildman–Crippen LogP) is 1.96. The molecular formula is C23H28BN3O5. The maximum absolute atomic E-state index is 12.6. The number of carbonyl (C=O) groups excluding carboxylic acids is 1. The number of aromatic nitrogens is 1. The number of hydrogen-bond acceptors (Lipinski definition) is 6. The molecule has 0 unspecified atom stereocenters. The summed E-state index contributed by atoms with van der Waals surface area (Å²) in [6.45, 7) is 0.751. The van der Waals surface area contributed by atoms with Gasteiger partial charge in [0.15, 0.2) is 0 Å². The fourth-order valence-electron chi connectivity index (χ4n) is 4.57. The van der Waals surface area contributed by atoms with Gasteiger partial charge in [-0.25, -0.2) is 4.79 Å². The van der Waals surface area contributed by atoms with E-state index in [-0.39, 0.29) is 17.2 Å². The molecule has 0 bridgehead atoms. The van der Waals surface area contributed by atoms with Crippen LogP contribution in [-0.2, 0) is 17.8 Å². The highest BCUT2D eigenvalue weighted by Gasteiger charge is 2.38. The summed E-state index contributed by atoms with van der Waals surface area (Å²) in [5, 5.41) is 26.0. The molecule has 9 heteroatoms. The maximum atomic E-state index is 12.6. The molecule has 32 heavy (non-hydrogen) atoms. The van der Waals surface area contributed by atoms with Crippen LogP contribution in [0.5, 0.6) is 5.75 Å². The highest BCUT2D eigenvalue weighted by atomic mass is 16.5. The van der Waals surface area contributed by atoms with Crippen LogP contribution in [0.15, 0.2) is 42.6 Å². The van der Waals surface area contributed by atoms with Crippen LogP contribution in [0.4, 0.5) is 0 Å². The van der Waals surface area contributed by atoms with Crippen LogP contribution in [0.25, 0.3) is 0 Å². The van der Waals surface area contributed by atoms with E-state index in [1.54, 1.807) is 18.3 Å². The minimum absolute atomic E-state index is 0.0136. The summed E-state index contributed by atoms with van der Waals surface area (Å²) in [5.74, 6) is -1.33. The molecule has 168 valence electrons. The number of nitrogens with one attached hydrogen (secondary N) is 2. The number of fused-ring (bicyclic) bond motifs is 1. The van der Waals surface area contributed by atoms with Gasteiger partial charge >= 0.3 is 13.1 Å². The van der Waals surface area contributed by atoms with E-state index < -0.39 is 19.0 Å². The van der Waals surface area contributed by atoms with Crippen LogP contribution in [-0.4, -0.2) is 46.1 Å². The second-order valence-electron chi connectivity index (χ2n) is 8.61. The van der Waals surface area contributed by atoms with Gasteiger partial charge in [-0.05, 0) is 61.8 Å². The molecule has 1 saturated carbocycles. The fraction of sp³-hybridized carbons (Fsp3) is 0.435. The number of nitrogens with zero attached hydrogens (tertiary/aromatic N) is 1. The summed E-state index contributed by atoms with van der Waals surface area (Å²) in [7, 11) is -1.28. The largest absolute Gasteiger partial charge is 0.547 e.